The molecule has 1 spiro atoms. The maximum absolute atomic E-state index is 12.8. The van der Waals surface area contributed by atoms with Crippen LogP contribution < -0.4 is 4.74 Å². The molecule has 1 saturated heterocycles. The number of aliphatic carboxylic acids is 1. The van der Waals surface area contributed by atoms with Crippen LogP contribution in [-0.4, -0.2) is 74.8 Å². The maximum Gasteiger partial charge on any atom is 0.310 e. The summed E-state index contributed by atoms with van der Waals surface area (Å²) in [6.07, 6.45) is 4.54. The third-order valence-electron chi connectivity index (χ3n) is 9.55. The van der Waals surface area contributed by atoms with E-state index in [1.165, 1.54) is 0 Å². The van der Waals surface area contributed by atoms with E-state index >= 15 is 0 Å². The molecule has 12 nitrogen and oxygen atoms in total. The summed E-state index contributed by atoms with van der Waals surface area (Å²) in [6, 6.07) is 7.59. The second-order valence-corrected chi connectivity index (χ2v) is 15.0. The average Bonchev–Trinajstić information content (AvgIpc) is 3.41. The summed E-state index contributed by atoms with van der Waals surface area (Å²) in [5.74, 6) is -1.31. The monoisotopic (exact) mass is 650 g/mol. The lowest BCUT2D eigenvalue weighted by Crippen LogP contribution is -2.49. The normalized spacial score (nSPS) is 19.3. The van der Waals surface area contributed by atoms with Crippen molar-refractivity contribution in [3.05, 3.63) is 70.2 Å². The van der Waals surface area contributed by atoms with Gasteiger partial charge in [0.1, 0.15) is 16.0 Å². The number of rotatable bonds is 7. The van der Waals surface area contributed by atoms with Crippen molar-refractivity contribution in [3.63, 3.8) is 0 Å². The number of carboxylic acids is 1. The number of aromatic nitrogens is 5. The number of hydrogen-bond donors (Lipinski definition) is 3. The van der Waals surface area contributed by atoms with E-state index in [4.69, 9.17) is 14.5 Å². The molecule has 246 valence electrons. The molecule has 0 radical (unpaired) electrons. The van der Waals surface area contributed by atoms with Gasteiger partial charge in [0.05, 0.1) is 30.7 Å². The fourth-order valence-electron chi connectivity index (χ4n) is 6.68. The number of ether oxygens (including phenoxy) is 2. The molecular weight excluding hydrogens is 608 g/mol. The number of nitrogens with zero attached hydrogens (tertiary/aromatic N) is 6. The van der Waals surface area contributed by atoms with E-state index in [-0.39, 0.29) is 23.9 Å². The van der Waals surface area contributed by atoms with Crippen molar-refractivity contribution in [2.24, 2.45) is 5.41 Å². The molecule has 3 aromatic heterocycles. The topological polar surface area (TPSA) is 156 Å². The zero-order chi connectivity index (χ0) is 33.0. The Hall–Kier alpha value is -3.62. The minimum atomic E-state index is -3.52. The summed E-state index contributed by atoms with van der Waals surface area (Å²) >= 11 is 0. The highest BCUT2D eigenvalue weighted by molar-refractivity contribution is 8.22. The Bertz CT molecular complexity index is 1800. The van der Waals surface area contributed by atoms with Crippen LogP contribution in [0.1, 0.15) is 73.0 Å². The molecule has 0 bridgehead atoms. The Morgan fingerprint density at radius 2 is 1.85 bits per heavy atom. The first-order chi connectivity index (χ1) is 21.8. The molecule has 0 amide bonds. The first-order valence-corrected chi connectivity index (χ1v) is 17.1. The Morgan fingerprint density at radius 1 is 1.11 bits per heavy atom. The molecular formula is C33H42N6O6S. The lowest BCUT2D eigenvalue weighted by atomic mass is 9.70. The molecule has 3 N–H and O–H groups in total. The predicted octanol–water partition coefficient (Wildman–Crippen LogP) is 5.88. The third kappa shape index (κ3) is 5.53. The van der Waals surface area contributed by atoms with Gasteiger partial charge in [-0.3, -0.25) is 18.9 Å². The van der Waals surface area contributed by atoms with Crippen LogP contribution in [0.4, 0.5) is 0 Å². The third-order valence-corrected chi connectivity index (χ3v) is 11.4. The highest BCUT2D eigenvalue weighted by Crippen LogP contribution is 2.59. The van der Waals surface area contributed by atoms with E-state index in [1.807, 2.05) is 50.6 Å². The van der Waals surface area contributed by atoms with Crippen molar-refractivity contribution in [1.29, 1.82) is 0 Å². The molecule has 2 aliphatic heterocycles. The van der Waals surface area contributed by atoms with Crippen LogP contribution in [0.25, 0.3) is 11.0 Å². The number of carbonyl (C=O) groups is 1. The van der Waals surface area contributed by atoms with Gasteiger partial charge < -0.3 is 14.6 Å². The van der Waals surface area contributed by atoms with E-state index in [0.29, 0.717) is 43.9 Å². The van der Waals surface area contributed by atoms with Gasteiger partial charge in [-0.15, -0.1) is 15.9 Å². The number of hydrogen-bond acceptors (Lipinski definition) is 10. The summed E-state index contributed by atoms with van der Waals surface area (Å²) in [5, 5.41) is 19.2. The quantitative estimate of drug-likeness (QED) is 0.220. The van der Waals surface area contributed by atoms with Crippen LogP contribution >= 0.6 is 10.8 Å². The van der Waals surface area contributed by atoms with Crippen LogP contribution in [0.15, 0.2) is 41.6 Å². The maximum atomic E-state index is 12.8. The van der Waals surface area contributed by atoms with Crippen molar-refractivity contribution >= 4 is 27.8 Å². The van der Waals surface area contributed by atoms with Crippen LogP contribution in [0, 0.1) is 26.2 Å². The summed E-state index contributed by atoms with van der Waals surface area (Å²) in [6.45, 7) is 13.2. The zero-order valence-corrected chi connectivity index (χ0v) is 28.0. The van der Waals surface area contributed by atoms with Gasteiger partial charge in [-0.1, -0.05) is 17.3 Å². The van der Waals surface area contributed by atoms with Crippen molar-refractivity contribution in [2.45, 2.75) is 83.9 Å². The van der Waals surface area contributed by atoms with Crippen LogP contribution in [0.5, 0.6) is 5.88 Å². The fraction of sp³-hybridized carbons (Fsp3) is 0.485. The fourth-order valence-corrected chi connectivity index (χ4v) is 8.37. The van der Waals surface area contributed by atoms with E-state index in [9.17, 15) is 19.0 Å². The lowest BCUT2D eigenvalue weighted by Gasteiger charge is -2.44. The number of carboxylic acid groups (broad SMARTS) is 1. The van der Waals surface area contributed by atoms with Gasteiger partial charge in [0.2, 0.25) is 5.88 Å². The molecule has 1 atom stereocenters. The van der Waals surface area contributed by atoms with Gasteiger partial charge in [0.15, 0.2) is 0 Å². The Kier molecular flexibility index (Phi) is 8.34. The van der Waals surface area contributed by atoms with Crippen LogP contribution in [0.3, 0.4) is 0 Å². The molecule has 46 heavy (non-hydrogen) atoms. The summed E-state index contributed by atoms with van der Waals surface area (Å²) in [4.78, 5) is 22.2. The summed E-state index contributed by atoms with van der Waals surface area (Å²) < 4.78 is 39.4. The molecule has 1 aromatic carbocycles. The van der Waals surface area contributed by atoms with E-state index in [1.54, 1.807) is 36.6 Å². The van der Waals surface area contributed by atoms with Crippen molar-refractivity contribution in [3.8, 4) is 5.88 Å². The van der Waals surface area contributed by atoms with Crippen LogP contribution in [0.2, 0.25) is 0 Å². The smallest absolute Gasteiger partial charge is 0.310 e. The van der Waals surface area contributed by atoms with E-state index < -0.39 is 33.7 Å². The molecule has 0 aliphatic carbocycles. The number of benzene rings is 1. The first kappa shape index (κ1) is 32.3. The molecule has 4 aromatic rings. The van der Waals surface area contributed by atoms with Crippen molar-refractivity contribution in [2.75, 3.05) is 19.8 Å². The number of pyridine rings is 2. The number of aryl methyl sites for hydroxylation is 4. The molecule has 13 heteroatoms. The highest BCUT2D eigenvalue weighted by atomic mass is 32.3. The minimum absolute atomic E-state index is 0.150. The SMILES string of the molecule is CCn1nnc2c(C)c(C(c3cnc(C)c(CN4CC5(CCOCC5)Oc5ncc(C)cc5S4(O)O)c3)C(C)(C)C(=O)O)ccc21. The van der Waals surface area contributed by atoms with E-state index in [2.05, 4.69) is 15.3 Å². The van der Waals surface area contributed by atoms with Crippen LogP contribution in [-0.2, 0) is 22.6 Å². The molecule has 2 aliphatic rings. The van der Waals surface area contributed by atoms with Gasteiger partial charge in [-0.25, -0.2) is 9.67 Å². The van der Waals surface area contributed by atoms with Gasteiger partial charge in [-0.05, 0) is 81.5 Å². The average molecular weight is 651 g/mol. The molecule has 6 rings (SSSR count). The lowest BCUT2D eigenvalue weighted by molar-refractivity contribution is -0.147. The zero-order valence-electron chi connectivity index (χ0n) is 27.1. The molecule has 0 saturated carbocycles. The minimum Gasteiger partial charge on any atom is -0.481 e. The Labute approximate surface area is 270 Å². The van der Waals surface area contributed by atoms with Gasteiger partial charge in [0, 0.05) is 49.9 Å². The number of fused-ring (bicyclic) bond motifs is 2. The van der Waals surface area contributed by atoms with Crippen molar-refractivity contribution < 1.29 is 28.5 Å². The standard InChI is InChI=1S/C33H42N6O6S/c1-7-39-26-9-8-25(21(3)29(26)36-37-39)28(32(5,6)31(40)41)23-15-24(22(4)34-17-23)18-38-19-33(10-12-44-13-11-33)45-30-27(46(38,42)43)14-20(2)16-35-30/h8-9,14-17,28,42-43H,7,10-13,18-19H2,1-6H3,(H,40,41). The van der Waals surface area contributed by atoms with E-state index in [0.717, 1.165) is 33.3 Å². The highest BCUT2D eigenvalue weighted by Gasteiger charge is 2.46. The largest absolute Gasteiger partial charge is 0.481 e. The second kappa shape index (κ2) is 11.9. The van der Waals surface area contributed by atoms with Gasteiger partial charge >= 0.3 is 5.97 Å². The Balaban J connectivity index is 1.46. The second-order valence-electron chi connectivity index (χ2n) is 13.1. The first-order valence-electron chi connectivity index (χ1n) is 15.6. The summed E-state index contributed by atoms with van der Waals surface area (Å²) in [5.41, 5.74) is 4.32. The molecule has 1 fully saturated rings. The van der Waals surface area contributed by atoms with Crippen molar-refractivity contribution in [1.82, 2.24) is 29.3 Å². The summed E-state index contributed by atoms with van der Waals surface area (Å²) in [7, 11) is -3.52. The molecule has 1 unspecified atom stereocenters. The predicted molar refractivity (Wildman–Crippen MR) is 174 cm³/mol. The van der Waals surface area contributed by atoms with Gasteiger partial charge in [-0.2, -0.15) is 4.31 Å². The van der Waals surface area contributed by atoms with Gasteiger partial charge in [0.25, 0.3) is 0 Å². The molecule has 5 heterocycles. The Morgan fingerprint density at radius 3 is 2.54 bits per heavy atom.